The number of amides is 1. The second kappa shape index (κ2) is 6.00. The van der Waals surface area contributed by atoms with E-state index in [2.05, 4.69) is 5.32 Å². The predicted octanol–water partition coefficient (Wildman–Crippen LogP) is 0.0263. The van der Waals surface area contributed by atoms with Gasteiger partial charge in [0.2, 0.25) is 0 Å². The van der Waals surface area contributed by atoms with E-state index in [0.717, 1.165) is 5.46 Å². The first-order chi connectivity index (χ1) is 10.2. The Morgan fingerprint density at radius 2 is 1.68 bits per heavy atom. The van der Waals surface area contributed by atoms with Gasteiger partial charge in [0.25, 0.3) is 5.91 Å². The first-order valence-electron chi connectivity index (χ1n) is 7.22. The molecule has 0 aliphatic carbocycles. The van der Waals surface area contributed by atoms with Crippen LogP contribution in [0.25, 0.3) is 0 Å². The topological polar surface area (TPSA) is 88.0 Å². The van der Waals surface area contributed by atoms with E-state index >= 15 is 0 Å². The van der Waals surface area contributed by atoms with Gasteiger partial charge in [0.1, 0.15) is 6.23 Å². The van der Waals surface area contributed by atoms with E-state index in [0.29, 0.717) is 5.56 Å². The molecule has 22 heavy (non-hydrogen) atoms. The van der Waals surface area contributed by atoms with Crippen LogP contribution >= 0.6 is 0 Å². The number of aliphatic hydroxyl groups is 2. The fourth-order valence-corrected chi connectivity index (χ4v) is 2.05. The summed E-state index contributed by atoms with van der Waals surface area (Å²) in [5, 5.41) is 20.2. The molecule has 3 N–H and O–H groups in total. The van der Waals surface area contributed by atoms with Crippen LogP contribution in [0.2, 0.25) is 0 Å². The molecule has 1 aliphatic heterocycles. The van der Waals surface area contributed by atoms with Crippen LogP contribution in [-0.4, -0.2) is 47.3 Å². The highest BCUT2D eigenvalue weighted by Crippen LogP contribution is 2.36. The van der Waals surface area contributed by atoms with Gasteiger partial charge in [-0.05, 0) is 45.3 Å². The Bertz CT molecular complexity index is 527. The van der Waals surface area contributed by atoms with Crippen molar-refractivity contribution in [3.8, 4) is 0 Å². The van der Waals surface area contributed by atoms with Crippen LogP contribution in [0.1, 0.15) is 38.1 Å². The van der Waals surface area contributed by atoms with E-state index in [-0.39, 0.29) is 0 Å². The number of aliphatic hydroxyl groups excluding tert-OH is 2. The lowest BCUT2D eigenvalue weighted by Gasteiger charge is -2.32. The number of carbonyl (C=O) groups excluding carboxylic acids is 1. The number of hydrogen-bond acceptors (Lipinski definition) is 5. The van der Waals surface area contributed by atoms with Gasteiger partial charge < -0.3 is 24.8 Å². The van der Waals surface area contributed by atoms with E-state index in [1.165, 1.54) is 0 Å². The molecule has 0 aromatic heterocycles. The molecule has 1 heterocycles. The molecule has 1 fully saturated rings. The molecule has 120 valence electrons. The summed E-state index contributed by atoms with van der Waals surface area (Å²) in [6.07, 6.45) is -1.27. The van der Waals surface area contributed by atoms with Crippen molar-refractivity contribution in [3.63, 3.8) is 0 Å². The summed E-state index contributed by atoms with van der Waals surface area (Å²) in [7, 11) is -0.481. The third-order valence-corrected chi connectivity index (χ3v) is 4.17. The van der Waals surface area contributed by atoms with Gasteiger partial charge in [0.15, 0.2) is 0 Å². The Morgan fingerprint density at radius 3 is 2.14 bits per heavy atom. The number of nitrogens with one attached hydrogen (secondary N) is 1. The lowest BCUT2D eigenvalue weighted by Crippen LogP contribution is -2.41. The fraction of sp³-hybridized carbons (Fsp3) is 0.533. The average Bonchev–Trinajstić information content (AvgIpc) is 2.67. The smallest absolute Gasteiger partial charge is 0.399 e. The molecule has 1 aliphatic rings. The van der Waals surface area contributed by atoms with Crippen molar-refractivity contribution in [1.82, 2.24) is 5.32 Å². The van der Waals surface area contributed by atoms with E-state index in [1.54, 1.807) is 24.3 Å². The maximum absolute atomic E-state index is 11.8. The Labute approximate surface area is 130 Å². The molecule has 0 bridgehead atoms. The predicted molar refractivity (Wildman–Crippen MR) is 82.7 cm³/mol. The second-order valence-corrected chi connectivity index (χ2v) is 6.38. The van der Waals surface area contributed by atoms with Crippen LogP contribution in [0.5, 0.6) is 0 Å². The molecule has 0 spiro atoms. The molecule has 1 amide bonds. The second-order valence-electron chi connectivity index (χ2n) is 6.38. The Balaban J connectivity index is 2.09. The zero-order valence-corrected chi connectivity index (χ0v) is 13.3. The molecule has 6 nitrogen and oxygen atoms in total. The van der Waals surface area contributed by atoms with Gasteiger partial charge in [-0.1, -0.05) is 12.1 Å². The SMILES string of the molecule is CC1(C)OB(c2ccc(C(=O)NC(O)CO)cc2)OC1(C)C. The summed E-state index contributed by atoms with van der Waals surface area (Å²) in [6.45, 7) is 7.38. The van der Waals surface area contributed by atoms with Crippen molar-refractivity contribution < 1.29 is 24.3 Å². The van der Waals surface area contributed by atoms with Crippen molar-refractivity contribution in [3.05, 3.63) is 29.8 Å². The minimum absolute atomic E-state index is 0.382. The molecule has 1 unspecified atom stereocenters. The summed E-state index contributed by atoms with van der Waals surface area (Å²) >= 11 is 0. The molecular weight excluding hydrogens is 285 g/mol. The van der Waals surface area contributed by atoms with Crippen LogP contribution in [0, 0.1) is 0 Å². The first kappa shape index (κ1) is 17.0. The number of benzene rings is 1. The van der Waals surface area contributed by atoms with Gasteiger partial charge in [0.05, 0.1) is 17.8 Å². The van der Waals surface area contributed by atoms with Crippen molar-refractivity contribution >= 4 is 18.5 Å². The highest BCUT2D eigenvalue weighted by molar-refractivity contribution is 6.62. The summed E-state index contributed by atoms with van der Waals surface area (Å²) in [4.78, 5) is 11.8. The normalized spacial score (nSPS) is 20.7. The van der Waals surface area contributed by atoms with E-state index in [1.807, 2.05) is 27.7 Å². The van der Waals surface area contributed by atoms with Crippen LogP contribution in [0.3, 0.4) is 0 Å². The highest BCUT2D eigenvalue weighted by atomic mass is 16.7. The largest absolute Gasteiger partial charge is 0.494 e. The Hall–Kier alpha value is -1.41. The number of carbonyl (C=O) groups is 1. The first-order valence-corrected chi connectivity index (χ1v) is 7.22. The molecule has 0 radical (unpaired) electrons. The molecule has 7 heteroatoms. The number of hydrogen-bond donors (Lipinski definition) is 3. The van der Waals surface area contributed by atoms with Crippen molar-refractivity contribution in [1.29, 1.82) is 0 Å². The molecule has 1 aromatic rings. The van der Waals surface area contributed by atoms with Crippen molar-refractivity contribution in [2.75, 3.05) is 6.61 Å². The van der Waals surface area contributed by atoms with Gasteiger partial charge in [-0.3, -0.25) is 4.79 Å². The van der Waals surface area contributed by atoms with Gasteiger partial charge in [-0.2, -0.15) is 0 Å². The maximum Gasteiger partial charge on any atom is 0.494 e. The molecule has 1 saturated heterocycles. The summed E-state index contributed by atoms with van der Waals surface area (Å²) in [5.74, 6) is -0.456. The fourth-order valence-electron chi connectivity index (χ4n) is 2.05. The minimum Gasteiger partial charge on any atom is -0.399 e. The standard InChI is InChI=1S/C15H22BNO5/c1-14(2)15(3,4)22-16(21-14)11-7-5-10(6-8-11)13(20)17-12(19)9-18/h5-8,12,18-19H,9H2,1-4H3,(H,17,20). The van der Waals surface area contributed by atoms with Crippen molar-refractivity contribution in [2.24, 2.45) is 0 Å². The molecule has 0 saturated carbocycles. The molecule has 2 rings (SSSR count). The monoisotopic (exact) mass is 307 g/mol. The van der Waals surface area contributed by atoms with Gasteiger partial charge in [-0.25, -0.2) is 0 Å². The third-order valence-electron chi connectivity index (χ3n) is 4.17. The third kappa shape index (κ3) is 3.33. The van der Waals surface area contributed by atoms with Crippen LogP contribution in [0.15, 0.2) is 24.3 Å². The lowest BCUT2D eigenvalue weighted by atomic mass is 9.79. The molecular formula is C15H22BNO5. The van der Waals surface area contributed by atoms with E-state index < -0.39 is 37.1 Å². The molecule has 1 aromatic carbocycles. The summed E-state index contributed by atoms with van der Waals surface area (Å²) in [6, 6.07) is 6.75. The average molecular weight is 307 g/mol. The van der Waals surface area contributed by atoms with Gasteiger partial charge in [0, 0.05) is 5.56 Å². The zero-order chi connectivity index (χ0) is 16.5. The van der Waals surface area contributed by atoms with E-state index in [9.17, 15) is 9.90 Å². The minimum atomic E-state index is -1.27. The summed E-state index contributed by atoms with van der Waals surface area (Å²) in [5.41, 5.74) is 0.364. The van der Waals surface area contributed by atoms with Crippen LogP contribution < -0.4 is 10.8 Å². The van der Waals surface area contributed by atoms with E-state index in [4.69, 9.17) is 14.4 Å². The number of rotatable bonds is 4. The Morgan fingerprint density at radius 1 is 1.18 bits per heavy atom. The Kier molecular flexibility index (Phi) is 4.63. The van der Waals surface area contributed by atoms with Gasteiger partial charge in [-0.15, -0.1) is 0 Å². The van der Waals surface area contributed by atoms with Crippen LogP contribution in [-0.2, 0) is 9.31 Å². The lowest BCUT2D eigenvalue weighted by molar-refractivity contribution is 0.00578. The maximum atomic E-state index is 11.8. The quantitative estimate of drug-likeness (QED) is 0.539. The van der Waals surface area contributed by atoms with Crippen molar-refractivity contribution in [2.45, 2.75) is 45.1 Å². The van der Waals surface area contributed by atoms with Gasteiger partial charge >= 0.3 is 7.12 Å². The molecule has 1 atom stereocenters. The zero-order valence-electron chi connectivity index (χ0n) is 13.3. The summed E-state index contributed by atoms with van der Waals surface area (Å²) < 4.78 is 11.9. The van der Waals surface area contributed by atoms with Crippen LogP contribution in [0.4, 0.5) is 0 Å². The highest BCUT2D eigenvalue weighted by Gasteiger charge is 2.51.